The molecule has 2 aliphatic heterocycles. The second-order valence-electron chi connectivity index (χ2n) is 9.72. The number of nitrogens with zero attached hydrogens (tertiary/aromatic N) is 1. The summed E-state index contributed by atoms with van der Waals surface area (Å²) in [7, 11) is -3.85. The van der Waals surface area contributed by atoms with Crippen LogP contribution in [0.25, 0.3) is 11.1 Å². The molecule has 2 N–H and O–H groups in total. The van der Waals surface area contributed by atoms with Crippen molar-refractivity contribution in [2.75, 3.05) is 25.1 Å². The van der Waals surface area contributed by atoms with E-state index in [4.69, 9.17) is 9.47 Å². The van der Waals surface area contributed by atoms with Gasteiger partial charge in [-0.25, -0.2) is 8.42 Å². The van der Waals surface area contributed by atoms with Crippen LogP contribution in [-0.2, 0) is 24.3 Å². The van der Waals surface area contributed by atoms with Crippen LogP contribution in [0.1, 0.15) is 19.3 Å². The minimum Gasteiger partial charge on any atom is -0.389 e. The number of fused-ring (bicyclic) bond motifs is 1. The normalized spacial score (nSPS) is 24.6. The lowest BCUT2D eigenvalue weighted by atomic mass is 9.96. The number of hydrogen-bond acceptors (Lipinski definition) is 6. The first-order chi connectivity index (χ1) is 18.4. The largest absolute Gasteiger partial charge is 0.389 e. The fourth-order valence-corrected chi connectivity index (χ4v) is 6.83. The number of carbonyl (C=O) groups excluding carboxylic acids is 1. The molecule has 0 saturated carbocycles. The van der Waals surface area contributed by atoms with Gasteiger partial charge in [0.25, 0.3) is 0 Å². The Kier molecular flexibility index (Phi) is 8.21. The smallest absolute Gasteiger partial charge is 0.243 e. The van der Waals surface area contributed by atoms with Crippen molar-refractivity contribution in [1.29, 1.82) is 0 Å². The number of nitrogens with one attached hydrogen (secondary N) is 1. The molecule has 2 saturated heterocycles. The number of anilines is 1. The number of rotatable bonds is 6. The van der Waals surface area contributed by atoms with Crippen LogP contribution in [-0.4, -0.2) is 67.8 Å². The standard InChI is InChI=1S/C29H32N2O6S/c32-24-18-31(38(34,35)26-9-5-2-6-10-26)27-16-15-25(37-28(27)20-36-19-24)17-29(33)30-23-13-11-22(12-14-23)21-7-3-1-4-8-21/h1-14,24-25,27-28,32H,15-20H2,(H,30,33)/t24-,25-,27-,28+/m1/s1. The zero-order chi connectivity index (χ0) is 26.5. The molecule has 9 heteroatoms. The second kappa shape index (κ2) is 11.8. The zero-order valence-corrected chi connectivity index (χ0v) is 21.8. The van der Waals surface area contributed by atoms with Gasteiger partial charge in [-0.15, -0.1) is 0 Å². The van der Waals surface area contributed by atoms with E-state index < -0.39 is 28.3 Å². The van der Waals surface area contributed by atoms with Gasteiger partial charge in [-0.1, -0.05) is 60.7 Å². The molecule has 2 aliphatic rings. The first kappa shape index (κ1) is 26.5. The van der Waals surface area contributed by atoms with Crippen LogP contribution in [0.15, 0.2) is 89.8 Å². The highest BCUT2D eigenvalue weighted by molar-refractivity contribution is 7.89. The van der Waals surface area contributed by atoms with Crippen molar-refractivity contribution in [3.8, 4) is 11.1 Å². The Morgan fingerprint density at radius 3 is 2.26 bits per heavy atom. The molecule has 0 aromatic heterocycles. The number of aliphatic hydroxyl groups is 1. The van der Waals surface area contributed by atoms with Gasteiger partial charge in [-0.05, 0) is 48.2 Å². The van der Waals surface area contributed by atoms with E-state index in [-0.39, 0.29) is 43.1 Å². The van der Waals surface area contributed by atoms with Crippen LogP contribution in [0.4, 0.5) is 5.69 Å². The molecule has 5 rings (SSSR count). The minimum absolute atomic E-state index is 0.0114. The fourth-order valence-electron chi connectivity index (χ4n) is 5.09. The molecule has 3 aromatic carbocycles. The number of benzene rings is 3. The van der Waals surface area contributed by atoms with Gasteiger partial charge in [-0.3, -0.25) is 4.79 Å². The number of ether oxygens (including phenoxy) is 2. The van der Waals surface area contributed by atoms with E-state index in [0.717, 1.165) is 11.1 Å². The summed E-state index contributed by atoms with van der Waals surface area (Å²) < 4.78 is 40.2. The van der Waals surface area contributed by atoms with E-state index >= 15 is 0 Å². The SMILES string of the molecule is O=C(C[C@H]1CC[C@@H]2[C@H](COC[C@H](O)CN2S(=O)(=O)c2ccccc2)O1)Nc1ccc(-c2ccccc2)cc1. The molecule has 3 aromatic rings. The zero-order valence-electron chi connectivity index (χ0n) is 21.0. The highest BCUT2D eigenvalue weighted by Gasteiger charge is 2.43. The Bertz CT molecular complexity index is 1320. The average Bonchev–Trinajstić information content (AvgIpc) is 2.92. The van der Waals surface area contributed by atoms with Crippen molar-refractivity contribution in [2.24, 2.45) is 0 Å². The number of hydrogen-bond donors (Lipinski definition) is 2. The van der Waals surface area contributed by atoms with Gasteiger partial charge in [0.1, 0.15) is 0 Å². The molecule has 0 spiro atoms. The van der Waals surface area contributed by atoms with E-state index in [1.165, 1.54) is 4.31 Å². The molecule has 4 atom stereocenters. The van der Waals surface area contributed by atoms with E-state index in [1.807, 2.05) is 54.6 Å². The van der Waals surface area contributed by atoms with Crippen LogP contribution in [0.5, 0.6) is 0 Å². The number of aliphatic hydroxyl groups excluding tert-OH is 1. The number of amides is 1. The van der Waals surface area contributed by atoms with Gasteiger partial charge in [0.05, 0.1) is 48.9 Å². The summed E-state index contributed by atoms with van der Waals surface area (Å²) in [6, 6.07) is 25.4. The lowest BCUT2D eigenvalue weighted by Crippen LogP contribution is -2.57. The third-order valence-electron chi connectivity index (χ3n) is 6.97. The summed E-state index contributed by atoms with van der Waals surface area (Å²) in [6.07, 6.45) is -0.690. The number of β-amino-alcohol motifs (C(OH)–C–C–N with tert-alkyl or cyclic N) is 1. The van der Waals surface area contributed by atoms with Crippen LogP contribution < -0.4 is 5.32 Å². The summed E-state index contributed by atoms with van der Waals surface area (Å²) in [4.78, 5) is 13.0. The summed E-state index contributed by atoms with van der Waals surface area (Å²) in [5.41, 5.74) is 2.87. The average molecular weight is 537 g/mol. The Hall–Kier alpha value is -3.08. The summed E-state index contributed by atoms with van der Waals surface area (Å²) in [5, 5.41) is 13.3. The minimum atomic E-state index is -3.85. The molecule has 0 aliphatic carbocycles. The third-order valence-corrected chi connectivity index (χ3v) is 8.88. The van der Waals surface area contributed by atoms with Crippen molar-refractivity contribution in [3.63, 3.8) is 0 Å². The lowest BCUT2D eigenvalue weighted by Gasteiger charge is -2.43. The molecule has 38 heavy (non-hydrogen) atoms. The molecule has 8 nitrogen and oxygen atoms in total. The van der Waals surface area contributed by atoms with Gasteiger partial charge < -0.3 is 19.9 Å². The van der Waals surface area contributed by atoms with Gasteiger partial charge in [0.15, 0.2) is 0 Å². The third kappa shape index (κ3) is 6.14. The number of sulfonamides is 1. The Morgan fingerprint density at radius 1 is 0.895 bits per heavy atom. The van der Waals surface area contributed by atoms with Crippen molar-refractivity contribution >= 4 is 21.6 Å². The molecule has 2 heterocycles. The van der Waals surface area contributed by atoms with Crippen LogP contribution in [0.2, 0.25) is 0 Å². The quantitative estimate of drug-likeness (QED) is 0.498. The first-order valence-corrected chi connectivity index (χ1v) is 14.3. The lowest BCUT2D eigenvalue weighted by molar-refractivity contribution is -0.144. The molecule has 200 valence electrons. The monoisotopic (exact) mass is 536 g/mol. The second-order valence-corrected chi connectivity index (χ2v) is 11.6. The van der Waals surface area contributed by atoms with Crippen molar-refractivity contribution in [3.05, 3.63) is 84.9 Å². The molecular weight excluding hydrogens is 504 g/mol. The Labute approximate surface area is 223 Å². The Balaban J connectivity index is 1.23. The van der Waals surface area contributed by atoms with Crippen molar-refractivity contribution in [2.45, 2.75) is 48.5 Å². The molecule has 1 amide bonds. The van der Waals surface area contributed by atoms with Crippen LogP contribution in [0.3, 0.4) is 0 Å². The van der Waals surface area contributed by atoms with E-state index in [9.17, 15) is 18.3 Å². The van der Waals surface area contributed by atoms with Gasteiger partial charge in [-0.2, -0.15) is 4.31 Å². The fraction of sp³-hybridized carbons (Fsp3) is 0.345. The molecule has 2 fully saturated rings. The van der Waals surface area contributed by atoms with E-state index in [2.05, 4.69) is 5.32 Å². The highest BCUT2D eigenvalue weighted by atomic mass is 32.2. The topological polar surface area (TPSA) is 105 Å². The van der Waals surface area contributed by atoms with E-state index in [1.54, 1.807) is 30.3 Å². The summed E-state index contributed by atoms with van der Waals surface area (Å²) in [5.74, 6) is -0.170. The molecule has 0 radical (unpaired) electrons. The van der Waals surface area contributed by atoms with Gasteiger partial charge >= 0.3 is 0 Å². The predicted octanol–water partition coefficient (Wildman–Crippen LogP) is 3.68. The maximum absolute atomic E-state index is 13.5. The summed E-state index contributed by atoms with van der Waals surface area (Å²) >= 11 is 0. The number of carbonyl (C=O) groups is 1. The van der Waals surface area contributed by atoms with E-state index in [0.29, 0.717) is 18.5 Å². The summed E-state index contributed by atoms with van der Waals surface area (Å²) in [6.45, 7) is 0.0744. The Morgan fingerprint density at radius 2 is 1.55 bits per heavy atom. The van der Waals surface area contributed by atoms with Gasteiger partial charge in [0.2, 0.25) is 15.9 Å². The maximum Gasteiger partial charge on any atom is 0.243 e. The molecule has 0 bridgehead atoms. The van der Waals surface area contributed by atoms with Crippen molar-refractivity contribution < 1.29 is 27.8 Å². The van der Waals surface area contributed by atoms with Crippen LogP contribution >= 0.6 is 0 Å². The first-order valence-electron chi connectivity index (χ1n) is 12.8. The molecule has 0 unspecified atom stereocenters. The maximum atomic E-state index is 13.5. The van der Waals surface area contributed by atoms with Gasteiger partial charge in [0, 0.05) is 12.2 Å². The molecular formula is C29H32N2O6S. The van der Waals surface area contributed by atoms with Crippen LogP contribution in [0, 0.1) is 0 Å². The predicted molar refractivity (Wildman–Crippen MR) is 144 cm³/mol. The van der Waals surface area contributed by atoms with Crippen molar-refractivity contribution in [1.82, 2.24) is 4.31 Å². The highest BCUT2D eigenvalue weighted by Crippen LogP contribution is 2.31.